The third-order valence-electron chi connectivity index (χ3n) is 7.12. The molecular formula is C36H60O10. The predicted octanol–water partition coefficient (Wildman–Crippen LogP) is 7.64. The molecule has 0 unspecified atom stereocenters. The normalized spacial score (nSPS) is 26.8. The van der Waals surface area contributed by atoms with Crippen molar-refractivity contribution in [3.8, 4) is 0 Å². The molecule has 0 aromatic rings. The molecule has 2 fully saturated rings. The summed E-state index contributed by atoms with van der Waals surface area (Å²) < 4.78 is 33.7. The zero-order valence-corrected chi connectivity index (χ0v) is 31.1. The summed E-state index contributed by atoms with van der Waals surface area (Å²) in [6, 6.07) is 0. The molecule has 2 aliphatic rings. The summed E-state index contributed by atoms with van der Waals surface area (Å²) in [6.07, 6.45) is 2.36. The molecule has 10 nitrogen and oxygen atoms in total. The SMILES string of the molecule is CC/C=C1/O[C@@H](OC(=O)C(C)(C)C)[C@H](OC(=O)C(C)(C)C)[C@H]1C.CC/C=C1\O[C@@H](OC(=O)C(C)(C)C)[C@H](OC(=O)C(C)(C)C)[C@H]1C. The smallest absolute Gasteiger partial charge is 0.314 e. The minimum Gasteiger partial charge on any atom is -0.455 e. The van der Waals surface area contributed by atoms with Gasteiger partial charge in [0.25, 0.3) is 12.6 Å². The van der Waals surface area contributed by atoms with Gasteiger partial charge in [-0.25, -0.2) is 0 Å². The van der Waals surface area contributed by atoms with E-state index in [2.05, 4.69) is 0 Å². The van der Waals surface area contributed by atoms with Gasteiger partial charge in [0, 0.05) is 0 Å². The van der Waals surface area contributed by atoms with Crippen LogP contribution in [-0.4, -0.2) is 48.7 Å². The molecule has 0 radical (unpaired) electrons. The van der Waals surface area contributed by atoms with Crippen molar-refractivity contribution in [3.05, 3.63) is 23.7 Å². The van der Waals surface area contributed by atoms with E-state index < -0.39 is 46.4 Å². The zero-order chi connectivity index (χ0) is 36.0. The lowest BCUT2D eigenvalue weighted by atomic mass is 9.96. The van der Waals surface area contributed by atoms with Gasteiger partial charge in [-0.2, -0.15) is 0 Å². The van der Waals surface area contributed by atoms with Crippen molar-refractivity contribution in [2.24, 2.45) is 33.5 Å². The summed E-state index contributed by atoms with van der Waals surface area (Å²) in [7, 11) is 0. The topological polar surface area (TPSA) is 124 Å². The van der Waals surface area contributed by atoms with Crippen molar-refractivity contribution in [3.63, 3.8) is 0 Å². The molecule has 0 aromatic heterocycles. The quantitative estimate of drug-likeness (QED) is 0.209. The van der Waals surface area contributed by atoms with E-state index in [9.17, 15) is 19.2 Å². The number of carbonyl (C=O) groups excluding carboxylic acids is 4. The Morgan fingerprint density at radius 1 is 0.522 bits per heavy atom. The summed E-state index contributed by atoms with van der Waals surface area (Å²) in [6.45, 7) is 29.1. The average molecular weight is 653 g/mol. The van der Waals surface area contributed by atoms with E-state index in [1.54, 1.807) is 83.1 Å². The van der Waals surface area contributed by atoms with Crippen LogP contribution in [0.15, 0.2) is 23.7 Å². The van der Waals surface area contributed by atoms with Crippen LogP contribution < -0.4 is 0 Å². The highest BCUT2D eigenvalue weighted by atomic mass is 16.7. The number of carbonyl (C=O) groups is 4. The standard InChI is InChI=1S/2C18H30O5/c2*1-9-10-12-11(2)13(22-15(19)17(3,4)5)14(21-12)23-16(20)18(6,7)8/h2*10-11,13-14H,9H2,1-8H3/b12-10+;12-10-/t2*11-,13+,14-/m00/s1. The molecule has 2 saturated heterocycles. The van der Waals surface area contributed by atoms with Crippen LogP contribution in [0.4, 0.5) is 0 Å². The molecule has 0 spiro atoms. The first-order chi connectivity index (χ1) is 20.7. The van der Waals surface area contributed by atoms with Crippen LogP contribution in [0, 0.1) is 33.5 Å². The van der Waals surface area contributed by atoms with Crippen LogP contribution in [0.2, 0.25) is 0 Å². The maximum Gasteiger partial charge on any atom is 0.314 e. The molecule has 0 amide bonds. The Morgan fingerprint density at radius 2 is 0.761 bits per heavy atom. The highest BCUT2D eigenvalue weighted by molar-refractivity contribution is 5.77. The lowest BCUT2D eigenvalue weighted by Gasteiger charge is -2.26. The van der Waals surface area contributed by atoms with Gasteiger partial charge < -0.3 is 28.4 Å². The van der Waals surface area contributed by atoms with Gasteiger partial charge in [-0.05, 0) is 108 Å². The fraction of sp³-hybridized carbons (Fsp3) is 0.778. The number of ether oxygens (including phenoxy) is 6. The van der Waals surface area contributed by atoms with Gasteiger partial charge in [0.2, 0.25) is 0 Å². The van der Waals surface area contributed by atoms with E-state index in [0.29, 0.717) is 11.5 Å². The molecule has 6 atom stereocenters. The minimum atomic E-state index is -0.902. The lowest BCUT2D eigenvalue weighted by Crippen LogP contribution is -2.39. The zero-order valence-electron chi connectivity index (χ0n) is 31.1. The summed E-state index contributed by atoms with van der Waals surface area (Å²) in [5.74, 6) is -0.358. The molecule has 10 heteroatoms. The second-order valence-corrected chi connectivity index (χ2v) is 16.1. The highest BCUT2D eigenvalue weighted by Crippen LogP contribution is 2.37. The number of rotatable bonds is 6. The van der Waals surface area contributed by atoms with Crippen LogP contribution in [-0.2, 0) is 47.6 Å². The Kier molecular flexibility index (Phi) is 14.0. The van der Waals surface area contributed by atoms with Crippen LogP contribution in [0.5, 0.6) is 0 Å². The molecule has 2 rings (SSSR count). The van der Waals surface area contributed by atoms with Crippen LogP contribution in [0.3, 0.4) is 0 Å². The fourth-order valence-corrected chi connectivity index (χ4v) is 3.95. The Bertz CT molecular complexity index is 1050. The molecule has 0 bridgehead atoms. The molecule has 2 heterocycles. The Morgan fingerprint density at radius 3 is 0.978 bits per heavy atom. The summed E-state index contributed by atoms with van der Waals surface area (Å²) >= 11 is 0. The van der Waals surface area contributed by atoms with Gasteiger partial charge in [0.1, 0.15) is 11.5 Å². The first kappa shape index (κ1) is 41.0. The summed E-state index contributed by atoms with van der Waals surface area (Å²) in [5, 5.41) is 0. The van der Waals surface area contributed by atoms with Crippen LogP contribution in [0.1, 0.15) is 124 Å². The number of allylic oxidation sites excluding steroid dienone is 2. The number of hydrogen-bond acceptors (Lipinski definition) is 10. The fourth-order valence-electron chi connectivity index (χ4n) is 3.95. The van der Waals surface area contributed by atoms with E-state index in [-0.39, 0.29) is 35.7 Å². The van der Waals surface area contributed by atoms with E-state index in [1.807, 2.05) is 39.8 Å². The molecule has 0 aliphatic carbocycles. The Labute approximate surface area is 276 Å². The molecule has 2 aliphatic heterocycles. The van der Waals surface area contributed by atoms with Gasteiger partial charge in [0.15, 0.2) is 12.2 Å². The minimum absolute atomic E-state index is 0.154. The highest BCUT2D eigenvalue weighted by Gasteiger charge is 2.48. The van der Waals surface area contributed by atoms with Gasteiger partial charge in [0.05, 0.1) is 33.5 Å². The van der Waals surface area contributed by atoms with Gasteiger partial charge in [-0.1, -0.05) is 27.7 Å². The Balaban J connectivity index is 0.000000460. The second-order valence-electron chi connectivity index (χ2n) is 16.1. The first-order valence-electron chi connectivity index (χ1n) is 16.3. The van der Waals surface area contributed by atoms with E-state index >= 15 is 0 Å². The molecule has 0 N–H and O–H groups in total. The molecular weight excluding hydrogens is 592 g/mol. The maximum absolute atomic E-state index is 12.2. The number of hydrogen-bond donors (Lipinski definition) is 0. The molecule has 264 valence electrons. The van der Waals surface area contributed by atoms with Crippen LogP contribution in [0.25, 0.3) is 0 Å². The lowest BCUT2D eigenvalue weighted by molar-refractivity contribution is -0.199. The second kappa shape index (κ2) is 15.7. The Hall–Kier alpha value is -3.04. The monoisotopic (exact) mass is 652 g/mol. The van der Waals surface area contributed by atoms with Gasteiger partial charge in [-0.3, -0.25) is 19.2 Å². The predicted molar refractivity (Wildman–Crippen MR) is 175 cm³/mol. The van der Waals surface area contributed by atoms with Crippen molar-refractivity contribution in [2.75, 3.05) is 0 Å². The largest absolute Gasteiger partial charge is 0.455 e. The van der Waals surface area contributed by atoms with E-state index in [0.717, 1.165) is 12.8 Å². The van der Waals surface area contributed by atoms with E-state index in [1.165, 1.54) is 0 Å². The molecule has 46 heavy (non-hydrogen) atoms. The van der Waals surface area contributed by atoms with Crippen molar-refractivity contribution in [1.82, 2.24) is 0 Å². The average Bonchev–Trinajstić information content (AvgIpc) is 3.33. The number of esters is 4. The summed E-state index contributed by atoms with van der Waals surface area (Å²) in [5.41, 5.74) is -2.56. The third kappa shape index (κ3) is 11.6. The van der Waals surface area contributed by atoms with Gasteiger partial charge in [-0.15, -0.1) is 0 Å². The van der Waals surface area contributed by atoms with Crippen molar-refractivity contribution in [1.29, 1.82) is 0 Å². The first-order valence-corrected chi connectivity index (χ1v) is 16.3. The van der Waals surface area contributed by atoms with Crippen molar-refractivity contribution >= 4 is 23.9 Å². The van der Waals surface area contributed by atoms with Crippen LogP contribution >= 0.6 is 0 Å². The third-order valence-corrected chi connectivity index (χ3v) is 7.12. The molecule has 0 saturated carbocycles. The van der Waals surface area contributed by atoms with Crippen molar-refractivity contribution in [2.45, 2.75) is 148 Å². The van der Waals surface area contributed by atoms with Crippen molar-refractivity contribution < 1.29 is 47.6 Å². The molecule has 0 aromatic carbocycles. The summed E-state index contributed by atoms with van der Waals surface area (Å²) in [4.78, 5) is 48.8. The van der Waals surface area contributed by atoms with Gasteiger partial charge >= 0.3 is 23.9 Å². The maximum atomic E-state index is 12.2. The van der Waals surface area contributed by atoms with E-state index in [4.69, 9.17) is 28.4 Å².